The van der Waals surface area contributed by atoms with E-state index in [4.69, 9.17) is 9.47 Å². The van der Waals surface area contributed by atoms with E-state index < -0.39 is 0 Å². The van der Waals surface area contributed by atoms with Gasteiger partial charge in [0.05, 0.1) is 13.7 Å². The molecule has 0 saturated heterocycles. The molecular weight excluding hydrogens is 274 g/mol. The van der Waals surface area contributed by atoms with Gasteiger partial charge in [-0.25, -0.2) is 0 Å². The Morgan fingerprint density at radius 3 is 2.59 bits per heavy atom. The molecule has 0 aliphatic carbocycles. The number of hydrogen-bond donors (Lipinski definition) is 1. The molecule has 0 amide bonds. The van der Waals surface area contributed by atoms with Crippen LogP contribution in [0, 0.1) is 13.8 Å². The minimum atomic E-state index is 0.691. The Morgan fingerprint density at radius 1 is 1.09 bits per heavy atom. The van der Waals surface area contributed by atoms with Crippen molar-refractivity contribution in [2.24, 2.45) is 0 Å². The average Bonchev–Trinajstić information content (AvgIpc) is 2.52. The molecule has 0 bridgehead atoms. The first-order valence-corrected chi connectivity index (χ1v) is 7.75. The molecule has 0 atom stereocenters. The van der Waals surface area contributed by atoms with Crippen LogP contribution in [-0.4, -0.2) is 13.7 Å². The lowest BCUT2D eigenvalue weighted by Gasteiger charge is -2.16. The van der Waals surface area contributed by atoms with Gasteiger partial charge < -0.3 is 14.8 Å². The van der Waals surface area contributed by atoms with Crippen LogP contribution in [0.2, 0.25) is 0 Å². The first kappa shape index (κ1) is 16.2. The second kappa shape index (κ2) is 7.74. The fourth-order valence-corrected chi connectivity index (χ4v) is 2.43. The largest absolute Gasteiger partial charge is 0.493 e. The van der Waals surface area contributed by atoms with Crippen LogP contribution in [0.15, 0.2) is 36.4 Å². The van der Waals surface area contributed by atoms with E-state index in [1.807, 2.05) is 12.1 Å². The Kier molecular flexibility index (Phi) is 5.70. The van der Waals surface area contributed by atoms with Crippen LogP contribution < -0.4 is 14.8 Å². The van der Waals surface area contributed by atoms with Crippen LogP contribution >= 0.6 is 0 Å². The lowest BCUT2D eigenvalue weighted by Crippen LogP contribution is -2.06. The monoisotopic (exact) mass is 299 g/mol. The summed E-state index contributed by atoms with van der Waals surface area (Å²) in [6, 6.07) is 12.4. The molecule has 1 N–H and O–H groups in total. The number of aryl methyl sites for hydroxylation is 2. The fourth-order valence-electron chi connectivity index (χ4n) is 2.43. The molecule has 0 spiro atoms. The van der Waals surface area contributed by atoms with Gasteiger partial charge in [0.15, 0.2) is 11.5 Å². The van der Waals surface area contributed by atoms with E-state index in [1.165, 1.54) is 11.1 Å². The van der Waals surface area contributed by atoms with Gasteiger partial charge in [0.2, 0.25) is 0 Å². The van der Waals surface area contributed by atoms with E-state index in [9.17, 15) is 0 Å². The predicted molar refractivity (Wildman–Crippen MR) is 92.0 cm³/mol. The molecule has 0 aliphatic heterocycles. The highest BCUT2D eigenvalue weighted by molar-refractivity contribution is 5.54. The molecule has 0 radical (unpaired) electrons. The highest BCUT2D eigenvalue weighted by atomic mass is 16.5. The summed E-state index contributed by atoms with van der Waals surface area (Å²) in [5, 5.41) is 3.49. The van der Waals surface area contributed by atoms with Gasteiger partial charge in [-0.15, -0.1) is 0 Å². The summed E-state index contributed by atoms with van der Waals surface area (Å²) in [7, 11) is 1.68. The molecule has 2 aromatic rings. The quantitative estimate of drug-likeness (QED) is 0.803. The van der Waals surface area contributed by atoms with Gasteiger partial charge in [-0.1, -0.05) is 36.8 Å². The highest BCUT2D eigenvalue weighted by Crippen LogP contribution is 2.32. The number of nitrogens with one attached hydrogen (secondary N) is 1. The van der Waals surface area contributed by atoms with E-state index in [0.717, 1.165) is 29.2 Å². The van der Waals surface area contributed by atoms with Gasteiger partial charge >= 0.3 is 0 Å². The van der Waals surface area contributed by atoms with Crippen LogP contribution in [-0.2, 0) is 6.54 Å². The molecule has 2 rings (SSSR count). The van der Waals surface area contributed by atoms with Crippen molar-refractivity contribution >= 4 is 5.69 Å². The van der Waals surface area contributed by atoms with Crippen molar-refractivity contribution in [3.63, 3.8) is 0 Å². The van der Waals surface area contributed by atoms with Gasteiger partial charge in [0, 0.05) is 17.8 Å². The van der Waals surface area contributed by atoms with E-state index >= 15 is 0 Å². The van der Waals surface area contributed by atoms with Gasteiger partial charge in [-0.3, -0.25) is 0 Å². The summed E-state index contributed by atoms with van der Waals surface area (Å²) in [6.45, 7) is 7.73. The van der Waals surface area contributed by atoms with Crippen molar-refractivity contribution in [1.82, 2.24) is 0 Å². The van der Waals surface area contributed by atoms with Crippen LogP contribution in [0.1, 0.15) is 30.0 Å². The molecule has 22 heavy (non-hydrogen) atoms. The molecule has 0 aliphatic rings. The smallest absolute Gasteiger partial charge is 0.166 e. The number of anilines is 1. The second-order valence-corrected chi connectivity index (χ2v) is 5.47. The van der Waals surface area contributed by atoms with E-state index in [-0.39, 0.29) is 0 Å². The number of rotatable bonds is 7. The minimum absolute atomic E-state index is 0.691. The Hall–Kier alpha value is -2.16. The van der Waals surface area contributed by atoms with E-state index in [0.29, 0.717) is 13.2 Å². The number of methoxy groups -OCH3 is 1. The zero-order valence-corrected chi connectivity index (χ0v) is 13.9. The van der Waals surface area contributed by atoms with Crippen LogP contribution in [0.25, 0.3) is 0 Å². The lowest BCUT2D eigenvalue weighted by atomic mass is 10.1. The molecule has 0 fully saturated rings. The van der Waals surface area contributed by atoms with Crippen molar-refractivity contribution in [3.05, 3.63) is 53.1 Å². The Balaban J connectivity index is 2.17. The molecule has 0 unspecified atom stereocenters. The fraction of sp³-hybridized carbons (Fsp3) is 0.368. The van der Waals surface area contributed by atoms with Crippen LogP contribution in [0.5, 0.6) is 11.5 Å². The Labute approximate surface area is 133 Å². The lowest BCUT2D eigenvalue weighted by molar-refractivity contribution is 0.291. The van der Waals surface area contributed by atoms with Crippen molar-refractivity contribution in [1.29, 1.82) is 0 Å². The molecule has 3 nitrogen and oxygen atoms in total. The van der Waals surface area contributed by atoms with E-state index in [1.54, 1.807) is 7.11 Å². The number of benzene rings is 2. The van der Waals surface area contributed by atoms with Gasteiger partial charge in [-0.2, -0.15) is 0 Å². The van der Waals surface area contributed by atoms with Crippen molar-refractivity contribution in [3.8, 4) is 11.5 Å². The van der Waals surface area contributed by atoms with Crippen molar-refractivity contribution < 1.29 is 9.47 Å². The molecule has 0 aromatic heterocycles. The highest BCUT2D eigenvalue weighted by Gasteiger charge is 2.10. The zero-order valence-electron chi connectivity index (χ0n) is 13.9. The number of hydrogen-bond acceptors (Lipinski definition) is 3. The third-order valence-corrected chi connectivity index (χ3v) is 3.58. The summed E-state index contributed by atoms with van der Waals surface area (Å²) in [5.41, 5.74) is 4.78. The molecule has 2 aromatic carbocycles. The Morgan fingerprint density at radius 2 is 1.91 bits per heavy atom. The second-order valence-electron chi connectivity index (χ2n) is 5.47. The van der Waals surface area contributed by atoms with Gasteiger partial charge in [0.1, 0.15) is 0 Å². The van der Waals surface area contributed by atoms with Crippen molar-refractivity contribution in [2.75, 3.05) is 19.0 Å². The molecule has 118 valence electrons. The summed E-state index contributed by atoms with van der Waals surface area (Å²) < 4.78 is 11.3. The number of ether oxygens (including phenoxy) is 2. The maximum absolute atomic E-state index is 5.88. The van der Waals surface area contributed by atoms with E-state index in [2.05, 4.69) is 50.4 Å². The van der Waals surface area contributed by atoms with Crippen molar-refractivity contribution in [2.45, 2.75) is 33.7 Å². The molecule has 3 heteroatoms. The third-order valence-electron chi connectivity index (χ3n) is 3.58. The molecular formula is C19H25NO2. The first-order valence-electron chi connectivity index (χ1n) is 7.75. The SMILES string of the molecule is CCCOc1c(CNc2ccc(C)cc2C)cccc1OC. The van der Waals surface area contributed by atoms with Gasteiger partial charge in [0.25, 0.3) is 0 Å². The summed E-state index contributed by atoms with van der Waals surface area (Å²) >= 11 is 0. The number of para-hydroxylation sites is 1. The molecule has 0 heterocycles. The first-order chi connectivity index (χ1) is 10.7. The van der Waals surface area contributed by atoms with Crippen LogP contribution in [0.3, 0.4) is 0 Å². The summed E-state index contributed by atoms with van der Waals surface area (Å²) in [6.07, 6.45) is 0.974. The summed E-state index contributed by atoms with van der Waals surface area (Å²) in [4.78, 5) is 0. The maximum Gasteiger partial charge on any atom is 0.166 e. The normalized spacial score (nSPS) is 10.4. The maximum atomic E-state index is 5.88. The van der Waals surface area contributed by atoms with Gasteiger partial charge in [-0.05, 0) is 38.0 Å². The standard InChI is InChI=1S/C19H25NO2/c1-5-11-22-19-16(7-6-8-18(19)21-4)13-20-17-10-9-14(2)12-15(17)3/h6-10,12,20H,5,11,13H2,1-4H3. The topological polar surface area (TPSA) is 30.5 Å². The Bertz CT molecular complexity index is 623. The molecule has 0 saturated carbocycles. The summed E-state index contributed by atoms with van der Waals surface area (Å²) in [5.74, 6) is 1.62. The average molecular weight is 299 g/mol. The van der Waals surface area contributed by atoms with Crippen LogP contribution in [0.4, 0.5) is 5.69 Å². The predicted octanol–water partition coefficient (Wildman–Crippen LogP) is 4.71. The zero-order chi connectivity index (χ0) is 15.9. The minimum Gasteiger partial charge on any atom is -0.493 e. The third kappa shape index (κ3) is 3.94.